The molecule has 0 aromatic heterocycles. The van der Waals surface area contributed by atoms with Crippen molar-refractivity contribution >= 4 is 0 Å². The fourth-order valence-electron chi connectivity index (χ4n) is 3.75. The van der Waals surface area contributed by atoms with Gasteiger partial charge in [-0.15, -0.1) is 0 Å². The molecule has 0 bridgehead atoms. The van der Waals surface area contributed by atoms with Crippen molar-refractivity contribution in [3.05, 3.63) is 60.2 Å². The van der Waals surface area contributed by atoms with E-state index >= 15 is 0 Å². The van der Waals surface area contributed by atoms with Gasteiger partial charge in [0.2, 0.25) is 0 Å². The Labute approximate surface area is 134 Å². The molecule has 0 spiro atoms. The van der Waals surface area contributed by atoms with E-state index in [1.54, 1.807) is 0 Å². The molecule has 2 fully saturated rings. The van der Waals surface area contributed by atoms with Crippen LogP contribution in [0.3, 0.4) is 0 Å². The Morgan fingerprint density at radius 1 is 0.727 bits per heavy atom. The average molecular weight is 291 g/mol. The summed E-state index contributed by atoms with van der Waals surface area (Å²) in [5.74, 6) is 0. The Balaban J connectivity index is 1.61. The van der Waals surface area contributed by atoms with Gasteiger partial charge in [0.05, 0.1) is 0 Å². The van der Waals surface area contributed by atoms with E-state index in [1.807, 2.05) is 0 Å². The molecule has 22 heavy (non-hydrogen) atoms. The molecule has 0 atom stereocenters. The molecular weight excluding hydrogens is 266 g/mol. The number of benzene rings is 2. The smallest absolute Gasteiger partial charge is 0.0245 e. The third-order valence-electron chi connectivity index (χ3n) is 5.54. The lowest BCUT2D eigenvalue weighted by atomic mass is 9.84. The van der Waals surface area contributed by atoms with Crippen molar-refractivity contribution < 1.29 is 0 Å². The number of rotatable bonds is 5. The normalized spacial score (nSPS) is 19.0. The highest BCUT2D eigenvalue weighted by atomic mass is 15.2. The second-order valence-electron chi connectivity index (χ2n) is 6.86. The molecule has 2 saturated carbocycles. The minimum absolute atomic E-state index is 0.842. The largest absolute Gasteiger partial charge is 0.293 e. The van der Waals surface area contributed by atoms with Crippen LogP contribution in [0.4, 0.5) is 0 Å². The van der Waals surface area contributed by atoms with Crippen LogP contribution in [0, 0.1) is 0 Å². The molecule has 1 heteroatoms. The van der Waals surface area contributed by atoms with Gasteiger partial charge >= 0.3 is 0 Å². The van der Waals surface area contributed by atoms with E-state index in [0.29, 0.717) is 0 Å². The van der Waals surface area contributed by atoms with Crippen LogP contribution in [0.25, 0.3) is 11.1 Å². The van der Waals surface area contributed by atoms with E-state index in [0.717, 1.165) is 18.6 Å². The molecule has 4 rings (SSSR count). The fraction of sp³-hybridized carbons (Fsp3) is 0.429. The van der Waals surface area contributed by atoms with Crippen molar-refractivity contribution in [2.45, 2.75) is 57.2 Å². The summed E-state index contributed by atoms with van der Waals surface area (Å²) in [6.07, 6.45) is 8.48. The Bertz CT molecular complexity index is 597. The van der Waals surface area contributed by atoms with Crippen molar-refractivity contribution in [3.63, 3.8) is 0 Å². The number of hydrogen-bond acceptors (Lipinski definition) is 1. The first-order valence-electron chi connectivity index (χ1n) is 8.81. The summed E-state index contributed by atoms with van der Waals surface area (Å²) in [7, 11) is 0. The molecule has 0 N–H and O–H groups in total. The van der Waals surface area contributed by atoms with Gasteiger partial charge in [-0.1, -0.05) is 67.4 Å². The molecule has 114 valence electrons. The summed E-state index contributed by atoms with van der Waals surface area (Å²) in [6, 6.07) is 21.5. The maximum absolute atomic E-state index is 2.81. The summed E-state index contributed by atoms with van der Waals surface area (Å²) in [5.41, 5.74) is 4.25. The van der Waals surface area contributed by atoms with Gasteiger partial charge in [-0.3, -0.25) is 4.90 Å². The molecule has 0 aliphatic heterocycles. The van der Waals surface area contributed by atoms with Gasteiger partial charge in [0.25, 0.3) is 0 Å². The second-order valence-corrected chi connectivity index (χ2v) is 6.86. The Kier molecular flexibility index (Phi) is 3.99. The maximum atomic E-state index is 2.81. The summed E-state index contributed by atoms with van der Waals surface area (Å²) >= 11 is 0. The van der Waals surface area contributed by atoms with Crippen LogP contribution in [0.1, 0.15) is 44.1 Å². The first-order chi connectivity index (χ1) is 10.9. The van der Waals surface area contributed by atoms with E-state index in [9.17, 15) is 0 Å². The van der Waals surface area contributed by atoms with Gasteiger partial charge < -0.3 is 0 Å². The first-order valence-corrected chi connectivity index (χ1v) is 8.81. The monoisotopic (exact) mass is 291 g/mol. The average Bonchev–Trinajstić information content (AvgIpc) is 2.45. The highest BCUT2D eigenvalue weighted by Crippen LogP contribution is 2.36. The zero-order valence-corrected chi connectivity index (χ0v) is 13.2. The van der Waals surface area contributed by atoms with Gasteiger partial charge in [0.15, 0.2) is 0 Å². The van der Waals surface area contributed by atoms with Crippen molar-refractivity contribution in [3.8, 4) is 11.1 Å². The molecule has 0 unspecified atom stereocenters. The molecule has 2 aliphatic carbocycles. The standard InChI is InChI=1S/C21H25N/c1-2-8-17(9-3-1)21-15-5-4-10-18(21)16-22(19-11-6-12-19)20-13-7-14-20/h1-5,8-10,15,19-20H,6-7,11-14,16H2. The summed E-state index contributed by atoms with van der Waals surface area (Å²) in [6.45, 7) is 1.13. The van der Waals surface area contributed by atoms with Gasteiger partial charge in [-0.25, -0.2) is 0 Å². The number of hydrogen-bond donors (Lipinski definition) is 0. The van der Waals surface area contributed by atoms with Crippen LogP contribution in [0.15, 0.2) is 54.6 Å². The van der Waals surface area contributed by atoms with Crippen LogP contribution in [0.2, 0.25) is 0 Å². The molecule has 0 heterocycles. The topological polar surface area (TPSA) is 3.24 Å². The summed E-state index contributed by atoms with van der Waals surface area (Å²) in [4.78, 5) is 2.81. The lowest BCUT2D eigenvalue weighted by molar-refractivity contribution is 0.0333. The zero-order valence-electron chi connectivity index (χ0n) is 13.2. The van der Waals surface area contributed by atoms with Crippen molar-refractivity contribution in [1.82, 2.24) is 4.90 Å². The molecule has 0 radical (unpaired) electrons. The lowest BCUT2D eigenvalue weighted by Crippen LogP contribution is -2.48. The van der Waals surface area contributed by atoms with Crippen molar-refractivity contribution in [2.24, 2.45) is 0 Å². The molecule has 1 nitrogen and oxygen atoms in total. The fourth-order valence-corrected chi connectivity index (χ4v) is 3.75. The Hall–Kier alpha value is -1.60. The summed E-state index contributed by atoms with van der Waals surface area (Å²) < 4.78 is 0. The lowest BCUT2D eigenvalue weighted by Gasteiger charge is -2.46. The quantitative estimate of drug-likeness (QED) is 0.726. The molecule has 0 amide bonds. The Morgan fingerprint density at radius 3 is 1.91 bits per heavy atom. The van der Waals surface area contributed by atoms with E-state index in [1.165, 1.54) is 55.2 Å². The highest BCUT2D eigenvalue weighted by molar-refractivity contribution is 5.67. The zero-order chi connectivity index (χ0) is 14.8. The van der Waals surface area contributed by atoms with Crippen LogP contribution < -0.4 is 0 Å². The number of nitrogens with zero attached hydrogens (tertiary/aromatic N) is 1. The van der Waals surface area contributed by atoms with E-state index in [-0.39, 0.29) is 0 Å². The minimum atomic E-state index is 0.842. The predicted molar refractivity (Wildman–Crippen MR) is 92.7 cm³/mol. The van der Waals surface area contributed by atoms with Crippen molar-refractivity contribution in [2.75, 3.05) is 0 Å². The minimum Gasteiger partial charge on any atom is -0.293 e. The third kappa shape index (κ3) is 2.70. The third-order valence-corrected chi connectivity index (χ3v) is 5.54. The first kappa shape index (κ1) is 14.0. The molecule has 2 aromatic carbocycles. The molecule has 2 aliphatic rings. The van der Waals surface area contributed by atoms with Gasteiger partial charge in [-0.2, -0.15) is 0 Å². The van der Waals surface area contributed by atoms with Crippen LogP contribution in [-0.4, -0.2) is 17.0 Å². The van der Waals surface area contributed by atoms with E-state index in [2.05, 4.69) is 59.5 Å². The van der Waals surface area contributed by atoms with Crippen LogP contribution >= 0.6 is 0 Å². The van der Waals surface area contributed by atoms with Gasteiger partial charge in [0, 0.05) is 18.6 Å². The second kappa shape index (κ2) is 6.26. The highest BCUT2D eigenvalue weighted by Gasteiger charge is 2.33. The molecule has 2 aromatic rings. The summed E-state index contributed by atoms with van der Waals surface area (Å²) in [5, 5.41) is 0. The van der Waals surface area contributed by atoms with Gasteiger partial charge in [-0.05, 0) is 42.4 Å². The van der Waals surface area contributed by atoms with Crippen molar-refractivity contribution in [1.29, 1.82) is 0 Å². The predicted octanol–water partition coefficient (Wildman–Crippen LogP) is 5.26. The van der Waals surface area contributed by atoms with Gasteiger partial charge in [0.1, 0.15) is 0 Å². The maximum Gasteiger partial charge on any atom is 0.0245 e. The van der Waals surface area contributed by atoms with E-state index < -0.39 is 0 Å². The van der Waals surface area contributed by atoms with E-state index in [4.69, 9.17) is 0 Å². The van der Waals surface area contributed by atoms with Crippen LogP contribution in [0.5, 0.6) is 0 Å². The van der Waals surface area contributed by atoms with Crippen LogP contribution in [-0.2, 0) is 6.54 Å². The molecule has 0 saturated heterocycles. The Morgan fingerprint density at radius 2 is 1.32 bits per heavy atom. The SMILES string of the molecule is c1ccc(-c2ccccc2CN(C2CCC2)C2CCC2)cc1. The molecular formula is C21H25N.